The van der Waals surface area contributed by atoms with Crippen molar-refractivity contribution in [3.05, 3.63) is 15.6 Å². The molecule has 1 aromatic heterocycles. The Hall–Kier alpha value is -0.450. The van der Waals surface area contributed by atoms with Gasteiger partial charge < -0.3 is 5.32 Å². The first-order chi connectivity index (χ1) is 9.31. The monoisotopic (exact) mass is 279 g/mol. The van der Waals surface area contributed by atoms with Crippen molar-refractivity contribution in [3.63, 3.8) is 0 Å². The zero-order valence-electron chi connectivity index (χ0n) is 12.0. The van der Waals surface area contributed by atoms with E-state index in [0.717, 1.165) is 19.1 Å². The van der Waals surface area contributed by atoms with Gasteiger partial charge in [-0.2, -0.15) is 0 Å². The number of hydrogen-bond donors (Lipinski definition) is 1. The molecular formula is C15H25N3S. The van der Waals surface area contributed by atoms with Crippen LogP contribution in [-0.2, 0) is 13.1 Å². The summed E-state index contributed by atoms with van der Waals surface area (Å²) in [7, 11) is 0. The molecule has 19 heavy (non-hydrogen) atoms. The summed E-state index contributed by atoms with van der Waals surface area (Å²) in [5, 5.41) is 4.91. The highest BCUT2D eigenvalue weighted by Gasteiger charge is 2.21. The molecule has 1 saturated heterocycles. The molecule has 0 spiro atoms. The van der Waals surface area contributed by atoms with Crippen molar-refractivity contribution in [1.29, 1.82) is 0 Å². The number of rotatable bonds is 5. The van der Waals surface area contributed by atoms with E-state index in [4.69, 9.17) is 4.98 Å². The number of hydrogen-bond acceptors (Lipinski definition) is 4. The van der Waals surface area contributed by atoms with Gasteiger partial charge in [0.1, 0.15) is 5.01 Å². The molecule has 3 nitrogen and oxygen atoms in total. The van der Waals surface area contributed by atoms with Crippen LogP contribution >= 0.6 is 11.3 Å². The predicted molar refractivity (Wildman–Crippen MR) is 80.5 cm³/mol. The Morgan fingerprint density at radius 1 is 1.21 bits per heavy atom. The molecule has 0 aromatic carbocycles. The summed E-state index contributed by atoms with van der Waals surface area (Å²) in [6, 6.07) is 0.788. The van der Waals surface area contributed by atoms with Crippen LogP contribution in [0.5, 0.6) is 0 Å². The van der Waals surface area contributed by atoms with Crippen LogP contribution in [0.15, 0.2) is 0 Å². The molecule has 2 heterocycles. The van der Waals surface area contributed by atoms with Crippen LogP contribution in [0.1, 0.15) is 54.1 Å². The summed E-state index contributed by atoms with van der Waals surface area (Å²) in [5.74, 6) is 0. The van der Waals surface area contributed by atoms with Gasteiger partial charge >= 0.3 is 0 Å². The molecule has 0 unspecified atom stereocenters. The average Bonchev–Trinajstić information content (AvgIpc) is 3.17. The van der Waals surface area contributed by atoms with E-state index in [2.05, 4.69) is 17.1 Å². The molecule has 1 aliphatic carbocycles. The third-order valence-electron chi connectivity index (χ3n) is 4.12. The molecule has 1 N–H and O–H groups in total. The minimum Gasteiger partial charge on any atom is -0.309 e. The fourth-order valence-electron chi connectivity index (χ4n) is 2.73. The van der Waals surface area contributed by atoms with Gasteiger partial charge in [0.25, 0.3) is 0 Å². The van der Waals surface area contributed by atoms with Gasteiger partial charge in [0.15, 0.2) is 0 Å². The van der Waals surface area contributed by atoms with E-state index in [0.29, 0.717) is 0 Å². The first-order valence-electron chi connectivity index (χ1n) is 7.72. The zero-order valence-corrected chi connectivity index (χ0v) is 12.8. The normalized spacial score (nSPS) is 21.5. The van der Waals surface area contributed by atoms with Crippen LogP contribution < -0.4 is 5.32 Å². The summed E-state index contributed by atoms with van der Waals surface area (Å²) in [6.07, 6.45) is 8.26. The van der Waals surface area contributed by atoms with E-state index >= 15 is 0 Å². The molecule has 1 aromatic rings. The first-order valence-corrected chi connectivity index (χ1v) is 8.54. The van der Waals surface area contributed by atoms with Gasteiger partial charge in [-0.3, -0.25) is 4.90 Å². The molecule has 1 saturated carbocycles. The standard InChI is InChI=1S/C15H25N3S/c1-12-14(10-16-13-6-7-13)19-15(17-12)11-18-8-4-2-3-5-9-18/h13,16H,2-11H2,1H3. The highest BCUT2D eigenvalue weighted by molar-refractivity contribution is 7.11. The van der Waals surface area contributed by atoms with Crippen molar-refractivity contribution in [2.45, 2.75) is 64.6 Å². The second-order valence-electron chi connectivity index (χ2n) is 5.96. The highest BCUT2D eigenvalue weighted by atomic mass is 32.1. The molecule has 0 amide bonds. The largest absolute Gasteiger partial charge is 0.309 e. The number of nitrogens with one attached hydrogen (secondary N) is 1. The Morgan fingerprint density at radius 3 is 2.63 bits per heavy atom. The van der Waals surface area contributed by atoms with Crippen LogP contribution in [0.2, 0.25) is 0 Å². The molecule has 3 rings (SSSR count). The molecule has 106 valence electrons. The predicted octanol–water partition coefficient (Wildman–Crippen LogP) is 3.08. The third-order valence-corrected chi connectivity index (χ3v) is 5.27. The number of nitrogens with zero attached hydrogens (tertiary/aromatic N) is 2. The maximum atomic E-state index is 4.77. The minimum absolute atomic E-state index is 0.788. The second-order valence-corrected chi connectivity index (χ2v) is 7.13. The first kappa shape index (κ1) is 13.5. The summed E-state index contributed by atoms with van der Waals surface area (Å²) in [4.78, 5) is 8.80. The van der Waals surface area contributed by atoms with Gasteiger partial charge in [-0.05, 0) is 45.7 Å². The maximum Gasteiger partial charge on any atom is 0.107 e. The van der Waals surface area contributed by atoms with Gasteiger partial charge in [0.05, 0.1) is 12.2 Å². The lowest BCUT2D eigenvalue weighted by atomic mass is 10.2. The number of likely N-dealkylation sites (tertiary alicyclic amines) is 1. The fraction of sp³-hybridized carbons (Fsp3) is 0.800. The van der Waals surface area contributed by atoms with Crippen molar-refractivity contribution in [2.24, 2.45) is 0 Å². The van der Waals surface area contributed by atoms with Gasteiger partial charge in [0, 0.05) is 17.5 Å². The summed E-state index contributed by atoms with van der Waals surface area (Å²) in [6.45, 7) is 6.76. The van der Waals surface area contributed by atoms with Crippen LogP contribution in [0, 0.1) is 6.92 Å². The highest BCUT2D eigenvalue weighted by Crippen LogP contribution is 2.24. The lowest BCUT2D eigenvalue weighted by molar-refractivity contribution is 0.276. The van der Waals surface area contributed by atoms with Crippen molar-refractivity contribution in [1.82, 2.24) is 15.2 Å². The Morgan fingerprint density at radius 2 is 1.95 bits per heavy atom. The molecular weight excluding hydrogens is 254 g/mol. The van der Waals surface area contributed by atoms with Crippen LogP contribution in [0.3, 0.4) is 0 Å². The van der Waals surface area contributed by atoms with Crippen LogP contribution in [-0.4, -0.2) is 29.0 Å². The summed E-state index contributed by atoms with van der Waals surface area (Å²) >= 11 is 1.91. The maximum absolute atomic E-state index is 4.77. The Balaban J connectivity index is 1.55. The summed E-state index contributed by atoms with van der Waals surface area (Å²) < 4.78 is 0. The van der Waals surface area contributed by atoms with Gasteiger partial charge in [-0.25, -0.2) is 4.98 Å². The molecule has 0 radical (unpaired) electrons. The van der Waals surface area contributed by atoms with Gasteiger partial charge in [-0.1, -0.05) is 12.8 Å². The van der Waals surface area contributed by atoms with Crippen molar-refractivity contribution < 1.29 is 0 Å². The Bertz CT molecular complexity index is 404. The number of thiazole rings is 1. The SMILES string of the molecule is Cc1nc(CN2CCCCCC2)sc1CNC1CC1. The number of aromatic nitrogens is 1. The van der Waals surface area contributed by atoms with E-state index in [1.54, 1.807) is 0 Å². The third kappa shape index (κ3) is 4.01. The van der Waals surface area contributed by atoms with Crippen molar-refractivity contribution in [3.8, 4) is 0 Å². The van der Waals surface area contributed by atoms with Gasteiger partial charge in [0.2, 0.25) is 0 Å². The molecule has 4 heteroatoms. The van der Waals surface area contributed by atoms with E-state index < -0.39 is 0 Å². The van der Waals surface area contributed by atoms with E-state index in [1.165, 1.54) is 67.2 Å². The zero-order chi connectivity index (χ0) is 13.1. The van der Waals surface area contributed by atoms with Crippen molar-refractivity contribution in [2.75, 3.05) is 13.1 Å². The van der Waals surface area contributed by atoms with Crippen molar-refractivity contribution >= 4 is 11.3 Å². The smallest absolute Gasteiger partial charge is 0.107 e. The topological polar surface area (TPSA) is 28.2 Å². The molecule has 0 atom stereocenters. The minimum atomic E-state index is 0.788. The number of aryl methyl sites for hydroxylation is 1. The molecule has 2 aliphatic rings. The van der Waals surface area contributed by atoms with E-state index in [1.807, 2.05) is 11.3 Å². The van der Waals surface area contributed by atoms with Crippen LogP contribution in [0.25, 0.3) is 0 Å². The molecule has 0 bridgehead atoms. The van der Waals surface area contributed by atoms with Crippen LogP contribution in [0.4, 0.5) is 0 Å². The Labute approximate surface area is 120 Å². The lowest BCUT2D eigenvalue weighted by Gasteiger charge is -2.17. The Kier molecular flexibility index (Phi) is 4.51. The quantitative estimate of drug-likeness (QED) is 0.898. The molecule has 1 aliphatic heterocycles. The fourth-order valence-corrected chi connectivity index (χ4v) is 3.79. The van der Waals surface area contributed by atoms with E-state index in [-0.39, 0.29) is 0 Å². The van der Waals surface area contributed by atoms with E-state index in [9.17, 15) is 0 Å². The van der Waals surface area contributed by atoms with Gasteiger partial charge in [-0.15, -0.1) is 11.3 Å². The second kappa shape index (κ2) is 6.33. The average molecular weight is 279 g/mol. The summed E-state index contributed by atoms with van der Waals surface area (Å²) in [5.41, 5.74) is 1.24. The molecule has 2 fully saturated rings. The lowest BCUT2D eigenvalue weighted by Crippen LogP contribution is -2.23.